The average Bonchev–Trinajstić information content (AvgIpc) is 2.40. The van der Waals surface area contributed by atoms with Gasteiger partial charge in [-0.1, -0.05) is 65.2 Å². The zero-order valence-electron chi connectivity index (χ0n) is 11.1. The van der Waals surface area contributed by atoms with Crippen LogP contribution in [0.4, 0.5) is 0 Å². The Kier molecular flexibility index (Phi) is 4.87. The fourth-order valence-electron chi connectivity index (χ4n) is 2.01. The van der Waals surface area contributed by atoms with Gasteiger partial charge in [-0.05, 0) is 31.0 Å². The van der Waals surface area contributed by atoms with Crippen LogP contribution in [-0.4, -0.2) is 0 Å². The summed E-state index contributed by atoms with van der Waals surface area (Å²) in [6.07, 6.45) is 0. The molecular formula is C16H17Cl2N. The fourth-order valence-corrected chi connectivity index (χ4v) is 2.39. The third kappa shape index (κ3) is 3.73. The highest BCUT2D eigenvalue weighted by Crippen LogP contribution is 2.26. The summed E-state index contributed by atoms with van der Waals surface area (Å²) >= 11 is 12.2. The van der Waals surface area contributed by atoms with Gasteiger partial charge in [-0.15, -0.1) is 0 Å². The van der Waals surface area contributed by atoms with E-state index in [1.165, 1.54) is 11.1 Å². The van der Waals surface area contributed by atoms with Crippen LogP contribution in [0.25, 0.3) is 0 Å². The Morgan fingerprint density at radius 1 is 1.11 bits per heavy atom. The SMILES string of the molecule is Cc1cccc([C@H](C)NCc2cccc(Cl)c2Cl)c1. The first-order chi connectivity index (χ1) is 9.08. The Bertz CT molecular complexity index is 566. The molecule has 1 atom stereocenters. The van der Waals surface area contributed by atoms with Crippen molar-refractivity contribution in [1.29, 1.82) is 0 Å². The lowest BCUT2D eigenvalue weighted by Gasteiger charge is -2.15. The molecule has 0 saturated heterocycles. The summed E-state index contributed by atoms with van der Waals surface area (Å²) in [7, 11) is 0. The minimum atomic E-state index is 0.273. The van der Waals surface area contributed by atoms with Crippen LogP contribution in [0, 0.1) is 6.92 Å². The van der Waals surface area contributed by atoms with Gasteiger partial charge in [0.2, 0.25) is 0 Å². The van der Waals surface area contributed by atoms with E-state index in [-0.39, 0.29) is 6.04 Å². The molecule has 19 heavy (non-hydrogen) atoms. The first-order valence-corrected chi connectivity index (χ1v) is 7.06. The summed E-state index contributed by atoms with van der Waals surface area (Å²) in [5, 5.41) is 4.70. The molecule has 100 valence electrons. The number of rotatable bonds is 4. The van der Waals surface area contributed by atoms with E-state index < -0.39 is 0 Å². The number of halogens is 2. The van der Waals surface area contributed by atoms with Crippen molar-refractivity contribution in [3.05, 3.63) is 69.2 Å². The highest BCUT2D eigenvalue weighted by atomic mass is 35.5. The largest absolute Gasteiger partial charge is 0.306 e. The van der Waals surface area contributed by atoms with Crippen molar-refractivity contribution in [2.45, 2.75) is 26.4 Å². The van der Waals surface area contributed by atoms with Gasteiger partial charge in [0.15, 0.2) is 0 Å². The number of hydrogen-bond acceptors (Lipinski definition) is 1. The van der Waals surface area contributed by atoms with Gasteiger partial charge in [0.25, 0.3) is 0 Å². The summed E-state index contributed by atoms with van der Waals surface area (Å²) in [5.74, 6) is 0. The molecular weight excluding hydrogens is 277 g/mol. The van der Waals surface area contributed by atoms with Crippen molar-refractivity contribution in [2.75, 3.05) is 0 Å². The number of aryl methyl sites for hydroxylation is 1. The predicted molar refractivity (Wildman–Crippen MR) is 82.9 cm³/mol. The smallest absolute Gasteiger partial charge is 0.0637 e. The minimum Gasteiger partial charge on any atom is -0.306 e. The van der Waals surface area contributed by atoms with Gasteiger partial charge in [0.05, 0.1) is 10.0 Å². The maximum absolute atomic E-state index is 6.18. The summed E-state index contributed by atoms with van der Waals surface area (Å²) < 4.78 is 0. The first kappa shape index (κ1) is 14.4. The maximum atomic E-state index is 6.18. The van der Waals surface area contributed by atoms with Gasteiger partial charge < -0.3 is 5.32 Å². The van der Waals surface area contributed by atoms with E-state index >= 15 is 0 Å². The normalized spacial score (nSPS) is 12.4. The van der Waals surface area contributed by atoms with Crippen molar-refractivity contribution in [1.82, 2.24) is 5.32 Å². The summed E-state index contributed by atoms with van der Waals surface area (Å²) in [6.45, 7) is 4.95. The second-order valence-corrected chi connectivity index (χ2v) is 5.51. The Morgan fingerprint density at radius 2 is 1.84 bits per heavy atom. The molecule has 0 saturated carbocycles. The summed E-state index contributed by atoms with van der Waals surface area (Å²) in [6, 6.07) is 14.5. The molecule has 0 heterocycles. The molecule has 0 aromatic heterocycles. The van der Waals surface area contributed by atoms with Crippen molar-refractivity contribution in [2.24, 2.45) is 0 Å². The van der Waals surface area contributed by atoms with Gasteiger partial charge in [-0.2, -0.15) is 0 Å². The van der Waals surface area contributed by atoms with Gasteiger partial charge in [-0.25, -0.2) is 0 Å². The second-order valence-electron chi connectivity index (χ2n) is 4.73. The van der Waals surface area contributed by atoms with Gasteiger partial charge in [0.1, 0.15) is 0 Å². The fraction of sp³-hybridized carbons (Fsp3) is 0.250. The summed E-state index contributed by atoms with van der Waals surface area (Å²) in [5.41, 5.74) is 3.57. The monoisotopic (exact) mass is 293 g/mol. The highest BCUT2D eigenvalue weighted by Gasteiger charge is 2.08. The van der Waals surface area contributed by atoms with Crippen LogP contribution in [0.1, 0.15) is 29.7 Å². The minimum absolute atomic E-state index is 0.273. The summed E-state index contributed by atoms with van der Waals surface area (Å²) in [4.78, 5) is 0. The number of benzene rings is 2. The topological polar surface area (TPSA) is 12.0 Å². The molecule has 0 amide bonds. The predicted octanol–water partition coefficient (Wildman–Crippen LogP) is 5.15. The molecule has 0 unspecified atom stereocenters. The molecule has 1 nitrogen and oxygen atoms in total. The molecule has 0 fully saturated rings. The number of nitrogens with one attached hydrogen (secondary N) is 1. The van der Waals surface area contributed by atoms with E-state index in [4.69, 9.17) is 23.2 Å². The molecule has 0 radical (unpaired) electrons. The molecule has 2 aromatic rings. The van der Waals surface area contributed by atoms with E-state index in [1.807, 2.05) is 12.1 Å². The van der Waals surface area contributed by atoms with Crippen molar-refractivity contribution < 1.29 is 0 Å². The lowest BCUT2D eigenvalue weighted by Crippen LogP contribution is -2.18. The quantitative estimate of drug-likeness (QED) is 0.822. The van der Waals surface area contributed by atoms with Gasteiger partial charge >= 0.3 is 0 Å². The van der Waals surface area contributed by atoms with E-state index in [1.54, 1.807) is 6.07 Å². The molecule has 2 rings (SSSR count). The van der Waals surface area contributed by atoms with Gasteiger partial charge in [-0.3, -0.25) is 0 Å². The molecule has 0 aliphatic heterocycles. The first-order valence-electron chi connectivity index (χ1n) is 6.31. The number of hydrogen-bond donors (Lipinski definition) is 1. The lowest BCUT2D eigenvalue weighted by molar-refractivity contribution is 0.574. The van der Waals surface area contributed by atoms with E-state index in [9.17, 15) is 0 Å². The Labute approximate surface area is 124 Å². The highest BCUT2D eigenvalue weighted by molar-refractivity contribution is 6.42. The van der Waals surface area contributed by atoms with Crippen molar-refractivity contribution >= 4 is 23.2 Å². The molecule has 0 aliphatic rings. The van der Waals surface area contributed by atoms with Crippen LogP contribution in [0.2, 0.25) is 10.0 Å². The lowest BCUT2D eigenvalue weighted by atomic mass is 10.1. The second kappa shape index (κ2) is 6.42. The zero-order valence-corrected chi connectivity index (χ0v) is 12.6. The molecule has 1 N–H and O–H groups in total. The molecule has 0 spiro atoms. The molecule has 3 heteroatoms. The molecule has 2 aromatic carbocycles. The van der Waals surface area contributed by atoms with Crippen LogP contribution in [0.15, 0.2) is 42.5 Å². The maximum Gasteiger partial charge on any atom is 0.0637 e. The Morgan fingerprint density at radius 3 is 2.58 bits per heavy atom. The average molecular weight is 294 g/mol. The Hall–Kier alpha value is -1.02. The standard InChI is InChI=1S/C16H17Cl2N/c1-11-5-3-6-13(9-11)12(2)19-10-14-7-4-8-15(17)16(14)18/h3-9,12,19H,10H2,1-2H3/t12-/m0/s1. The van der Waals surface area contributed by atoms with Crippen molar-refractivity contribution in [3.63, 3.8) is 0 Å². The van der Waals surface area contributed by atoms with Crippen LogP contribution in [0.3, 0.4) is 0 Å². The Balaban J connectivity index is 2.04. The van der Waals surface area contributed by atoms with Crippen molar-refractivity contribution in [3.8, 4) is 0 Å². The van der Waals surface area contributed by atoms with Crippen LogP contribution < -0.4 is 5.32 Å². The van der Waals surface area contributed by atoms with E-state index in [2.05, 4.69) is 43.4 Å². The molecule has 0 bridgehead atoms. The van der Waals surface area contributed by atoms with Crippen LogP contribution in [0.5, 0.6) is 0 Å². The third-order valence-corrected chi connectivity index (χ3v) is 4.03. The van der Waals surface area contributed by atoms with Crippen LogP contribution in [-0.2, 0) is 6.54 Å². The van der Waals surface area contributed by atoms with E-state index in [0.29, 0.717) is 16.6 Å². The zero-order chi connectivity index (χ0) is 13.8. The van der Waals surface area contributed by atoms with E-state index in [0.717, 1.165) is 5.56 Å². The molecule has 0 aliphatic carbocycles. The third-order valence-electron chi connectivity index (χ3n) is 3.17. The van der Waals surface area contributed by atoms with Gasteiger partial charge in [0, 0.05) is 12.6 Å². The van der Waals surface area contributed by atoms with Crippen LogP contribution >= 0.6 is 23.2 Å².